The van der Waals surface area contributed by atoms with Gasteiger partial charge >= 0.3 is 0 Å². The van der Waals surface area contributed by atoms with Crippen molar-refractivity contribution in [3.05, 3.63) is 15.0 Å². The number of hydrogen-bond donors (Lipinski definition) is 0. The fourth-order valence-corrected chi connectivity index (χ4v) is 3.23. The van der Waals surface area contributed by atoms with Crippen LogP contribution >= 0.6 is 27.7 Å². The van der Waals surface area contributed by atoms with E-state index in [9.17, 15) is 4.79 Å². The Labute approximate surface area is 97.6 Å². The molecule has 0 atom stereocenters. The van der Waals surface area contributed by atoms with Crippen LogP contribution in [0.1, 0.15) is 0 Å². The zero-order valence-electron chi connectivity index (χ0n) is 7.90. The van der Waals surface area contributed by atoms with Gasteiger partial charge in [-0.1, -0.05) is 11.8 Å². The van der Waals surface area contributed by atoms with E-state index in [1.807, 2.05) is 0 Å². The molecule has 0 bridgehead atoms. The van der Waals surface area contributed by atoms with E-state index in [1.54, 1.807) is 28.1 Å². The van der Waals surface area contributed by atoms with Crippen molar-refractivity contribution in [2.24, 2.45) is 7.05 Å². The Hall–Kier alpha value is -0.820. The van der Waals surface area contributed by atoms with Crippen molar-refractivity contribution in [3.8, 4) is 0 Å². The molecule has 15 heavy (non-hydrogen) atoms. The summed E-state index contributed by atoms with van der Waals surface area (Å²) in [6.07, 6.45) is 0. The van der Waals surface area contributed by atoms with Crippen molar-refractivity contribution >= 4 is 38.7 Å². The molecule has 3 rings (SSSR count). The Kier molecular flexibility index (Phi) is 1.93. The molecule has 2 aromatic rings. The van der Waals surface area contributed by atoms with Crippen LogP contribution in [0.5, 0.6) is 0 Å². The van der Waals surface area contributed by atoms with Gasteiger partial charge in [-0.05, 0) is 15.9 Å². The van der Waals surface area contributed by atoms with Gasteiger partial charge in [-0.25, -0.2) is 9.67 Å². The van der Waals surface area contributed by atoms with Gasteiger partial charge in [0.05, 0.1) is 0 Å². The maximum Gasteiger partial charge on any atom is 0.266 e. The molecule has 0 N–H and O–H groups in total. The number of thioether (sulfide) groups is 1. The lowest BCUT2D eigenvalue weighted by atomic mass is 10.4. The topological polar surface area (TPSA) is 52.7 Å². The first kappa shape index (κ1) is 9.41. The number of rotatable bonds is 0. The summed E-state index contributed by atoms with van der Waals surface area (Å²) in [5, 5.41) is 5.51. The predicted octanol–water partition coefficient (Wildman–Crippen LogP) is 0.998. The molecular weight excluding hydrogens is 280 g/mol. The third-order valence-corrected chi connectivity index (χ3v) is 3.92. The lowest BCUT2D eigenvalue weighted by molar-refractivity contribution is 0.662. The summed E-state index contributed by atoms with van der Waals surface area (Å²) in [6.45, 7) is 0.739. The third-order valence-electron chi connectivity index (χ3n) is 2.41. The van der Waals surface area contributed by atoms with Crippen molar-refractivity contribution < 1.29 is 0 Å². The molecule has 0 spiro atoms. The second-order valence-corrected chi connectivity index (χ2v) is 5.13. The van der Waals surface area contributed by atoms with Gasteiger partial charge in [0.1, 0.15) is 9.99 Å². The van der Waals surface area contributed by atoms with Gasteiger partial charge in [0.25, 0.3) is 5.56 Å². The van der Waals surface area contributed by atoms with Crippen molar-refractivity contribution in [2.45, 2.75) is 11.7 Å². The van der Waals surface area contributed by atoms with E-state index in [0.717, 1.165) is 17.5 Å². The van der Waals surface area contributed by atoms with E-state index < -0.39 is 0 Å². The lowest BCUT2D eigenvalue weighted by Crippen LogP contribution is -2.20. The van der Waals surface area contributed by atoms with E-state index in [4.69, 9.17) is 0 Å². The standard InChI is InChI=1S/C8H7BrN4OS/c1-12-6-4(5(9)11-12)7(14)13-2-3-15-8(13)10-6/h2-3H2,1H3. The number of aromatic nitrogens is 4. The van der Waals surface area contributed by atoms with Gasteiger partial charge in [0, 0.05) is 19.3 Å². The van der Waals surface area contributed by atoms with E-state index in [2.05, 4.69) is 26.0 Å². The van der Waals surface area contributed by atoms with Gasteiger partial charge in [-0.2, -0.15) is 5.10 Å². The normalized spacial score (nSPS) is 14.8. The van der Waals surface area contributed by atoms with Crippen LogP contribution in [-0.2, 0) is 13.6 Å². The Morgan fingerprint density at radius 2 is 2.33 bits per heavy atom. The van der Waals surface area contributed by atoms with Gasteiger partial charge in [0.2, 0.25) is 0 Å². The maximum atomic E-state index is 12.1. The molecule has 2 aromatic heterocycles. The van der Waals surface area contributed by atoms with Gasteiger partial charge in [0.15, 0.2) is 10.8 Å². The Balaban J connectivity index is 2.54. The van der Waals surface area contributed by atoms with Crippen molar-refractivity contribution in [1.82, 2.24) is 19.3 Å². The van der Waals surface area contributed by atoms with E-state index >= 15 is 0 Å². The summed E-state index contributed by atoms with van der Waals surface area (Å²) in [4.78, 5) is 16.5. The first-order valence-corrected chi connectivity index (χ1v) is 6.22. The first-order chi connectivity index (χ1) is 7.18. The Morgan fingerprint density at radius 3 is 3.13 bits per heavy atom. The summed E-state index contributed by atoms with van der Waals surface area (Å²) >= 11 is 4.90. The van der Waals surface area contributed by atoms with Crippen LogP contribution in [0, 0.1) is 0 Å². The molecule has 0 saturated carbocycles. The number of nitrogens with zero attached hydrogens (tertiary/aromatic N) is 4. The highest BCUT2D eigenvalue weighted by Gasteiger charge is 2.20. The molecule has 0 unspecified atom stereocenters. The monoisotopic (exact) mass is 286 g/mol. The van der Waals surface area contributed by atoms with E-state index in [0.29, 0.717) is 15.6 Å². The number of aryl methyl sites for hydroxylation is 1. The summed E-state index contributed by atoms with van der Waals surface area (Å²) in [5.74, 6) is 0.920. The highest BCUT2D eigenvalue weighted by molar-refractivity contribution is 9.10. The van der Waals surface area contributed by atoms with Gasteiger partial charge in [-0.15, -0.1) is 0 Å². The van der Waals surface area contributed by atoms with Crippen LogP contribution in [0.25, 0.3) is 11.0 Å². The molecule has 0 amide bonds. The number of fused-ring (bicyclic) bond motifs is 2. The molecule has 3 heterocycles. The van der Waals surface area contributed by atoms with Crippen LogP contribution in [0.15, 0.2) is 14.6 Å². The molecule has 78 valence electrons. The average molecular weight is 287 g/mol. The molecule has 0 radical (unpaired) electrons. The number of hydrogen-bond acceptors (Lipinski definition) is 4. The maximum absolute atomic E-state index is 12.1. The third kappa shape index (κ3) is 1.19. The molecule has 1 aliphatic rings. The SMILES string of the molecule is Cn1nc(Br)c2c(=O)n3c(nc21)SCC3. The fraction of sp³-hybridized carbons (Fsp3) is 0.375. The molecule has 0 aromatic carbocycles. The minimum atomic E-state index is -0.0000231. The first-order valence-electron chi connectivity index (χ1n) is 4.44. The van der Waals surface area contributed by atoms with Crippen LogP contribution in [0.3, 0.4) is 0 Å². The van der Waals surface area contributed by atoms with Crippen LogP contribution in [-0.4, -0.2) is 25.1 Å². The molecule has 0 fully saturated rings. The summed E-state index contributed by atoms with van der Waals surface area (Å²) in [5.41, 5.74) is 0.646. The highest BCUT2D eigenvalue weighted by atomic mass is 79.9. The second-order valence-electron chi connectivity index (χ2n) is 3.31. The molecule has 1 aliphatic heterocycles. The number of halogens is 1. The fourth-order valence-electron chi connectivity index (χ4n) is 1.70. The summed E-state index contributed by atoms with van der Waals surface area (Å²) < 4.78 is 3.91. The minimum absolute atomic E-state index is 0.0000231. The van der Waals surface area contributed by atoms with E-state index in [-0.39, 0.29) is 5.56 Å². The molecule has 0 aliphatic carbocycles. The second kappa shape index (κ2) is 3.08. The largest absolute Gasteiger partial charge is 0.286 e. The van der Waals surface area contributed by atoms with Crippen molar-refractivity contribution in [2.75, 3.05) is 5.75 Å². The lowest BCUT2D eigenvalue weighted by Gasteiger charge is -2.00. The minimum Gasteiger partial charge on any atom is -0.286 e. The smallest absolute Gasteiger partial charge is 0.266 e. The average Bonchev–Trinajstić information content (AvgIpc) is 2.73. The zero-order valence-corrected chi connectivity index (χ0v) is 10.3. The quantitative estimate of drug-likeness (QED) is 0.678. The predicted molar refractivity (Wildman–Crippen MR) is 61.2 cm³/mol. The van der Waals surface area contributed by atoms with Gasteiger partial charge < -0.3 is 0 Å². The van der Waals surface area contributed by atoms with Crippen LogP contribution in [0.2, 0.25) is 0 Å². The molecule has 0 saturated heterocycles. The molecule has 7 heteroatoms. The summed E-state index contributed by atoms with van der Waals surface area (Å²) in [6, 6.07) is 0. The Morgan fingerprint density at radius 1 is 1.53 bits per heavy atom. The summed E-state index contributed by atoms with van der Waals surface area (Å²) in [7, 11) is 1.79. The van der Waals surface area contributed by atoms with Gasteiger partial charge in [-0.3, -0.25) is 9.36 Å². The Bertz CT molecular complexity index is 617. The molecular formula is C8H7BrN4OS. The van der Waals surface area contributed by atoms with Crippen molar-refractivity contribution in [3.63, 3.8) is 0 Å². The van der Waals surface area contributed by atoms with Crippen LogP contribution in [0.4, 0.5) is 0 Å². The molecule has 5 nitrogen and oxygen atoms in total. The van der Waals surface area contributed by atoms with E-state index in [1.165, 1.54) is 0 Å². The van der Waals surface area contributed by atoms with Crippen LogP contribution < -0.4 is 5.56 Å². The zero-order chi connectivity index (χ0) is 10.6. The van der Waals surface area contributed by atoms with Crippen molar-refractivity contribution in [1.29, 1.82) is 0 Å². The highest BCUT2D eigenvalue weighted by Crippen LogP contribution is 2.25.